The lowest BCUT2D eigenvalue weighted by molar-refractivity contribution is -0.137. The second kappa shape index (κ2) is 10.7. The number of carbonyl (C=O) groups is 1. The predicted octanol–water partition coefficient (Wildman–Crippen LogP) is 4.63. The summed E-state index contributed by atoms with van der Waals surface area (Å²) in [7, 11) is 0. The smallest absolute Gasteiger partial charge is 0.416 e. The van der Waals surface area contributed by atoms with Gasteiger partial charge in [0.2, 0.25) is 5.95 Å². The summed E-state index contributed by atoms with van der Waals surface area (Å²) in [6.45, 7) is 3.58. The third-order valence-corrected chi connectivity index (χ3v) is 5.85. The predicted molar refractivity (Wildman–Crippen MR) is 125 cm³/mol. The number of halogens is 5. The second-order valence-corrected chi connectivity index (χ2v) is 8.46. The molecule has 0 radical (unpaired) electrons. The molecule has 0 spiro atoms. The van der Waals surface area contributed by atoms with Gasteiger partial charge in [-0.2, -0.15) is 28.1 Å². The molecule has 4 rings (SSSR count). The van der Waals surface area contributed by atoms with Crippen LogP contribution in [-0.2, 0) is 12.6 Å². The van der Waals surface area contributed by atoms with Crippen molar-refractivity contribution in [3.8, 4) is 6.01 Å². The van der Waals surface area contributed by atoms with E-state index in [0.29, 0.717) is 44.3 Å². The van der Waals surface area contributed by atoms with Crippen LogP contribution < -0.4 is 9.64 Å². The number of benzene rings is 2. The van der Waals surface area contributed by atoms with E-state index in [9.17, 15) is 22.4 Å². The zero-order chi connectivity index (χ0) is 25.9. The first-order valence-corrected chi connectivity index (χ1v) is 11.5. The van der Waals surface area contributed by atoms with Gasteiger partial charge in [-0.05, 0) is 36.8 Å². The third-order valence-electron chi connectivity index (χ3n) is 5.56. The first-order valence-electron chi connectivity index (χ1n) is 11.2. The number of carbonyl (C=O) groups excluding carboxylic acids is 1. The fraction of sp³-hybridized carbons (Fsp3) is 0.333. The highest BCUT2D eigenvalue weighted by Crippen LogP contribution is 2.30. The molecule has 0 saturated carbocycles. The van der Waals surface area contributed by atoms with Crippen LogP contribution in [0.2, 0.25) is 5.02 Å². The Kier molecular flexibility index (Phi) is 7.58. The van der Waals surface area contributed by atoms with Crippen LogP contribution in [-0.4, -0.2) is 58.5 Å². The monoisotopic (exact) mass is 523 g/mol. The molecule has 1 saturated heterocycles. The van der Waals surface area contributed by atoms with Crippen molar-refractivity contribution in [2.45, 2.75) is 19.5 Å². The highest BCUT2D eigenvalue weighted by Gasteiger charge is 2.30. The standard InChI is InChI=1S/C24H22ClF4N5O2/c1-2-36-23-31-20(13-15-4-3-5-17(12-15)24(27,28)29)30-22(32-23)34-10-8-33(9-11-34)21(35)16-6-7-19(26)18(25)14-16/h3-7,12,14H,2,8-11,13H2,1H3. The molecule has 3 aromatic rings. The van der Waals surface area contributed by atoms with Crippen LogP contribution in [0.1, 0.15) is 34.2 Å². The molecule has 2 heterocycles. The van der Waals surface area contributed by atoms with E-state index in [-0.39, 0.29) is 34.7 Å². The van der Waals surface area contributed by atoms with Crippen LogP contribution in [0, 0.1) is 5.82 Å². The number of anilines is 1. The van der Waals surface area contributed by atoms with Crippen molar-refractivity contribution in [2.75, 3.05) is 37.7 Å². The Morgan fingerprint density at radius 2 is 1.81 bits per heavy atom. The Hall–Kier alpha value is -3.47. The number of piperazine rings is 1. The second-order valence-electron chi connectivity index (χ2n) is 8.05. The van der Waals surface area contributed by atoms with E-state index in [2.05, 4.69) is 15.0 Å². The van der Waals surface area contributed by atoms with Gasteiger partial charge >= 0.3 is 12.2 Å². The molecule has 36 heavy (non-hydrogen) atoms. The minimum atomic E-state index is -4.45. The molecule has 0 unspecified atom stereocenters. The van der Waals surface area contributed by atoms with Gasteiger partial charge in [0.15, 0.2) is 0 Å². The molecular formula is C24H22ClF4N5O2. The fourth-order valence-electron chi connectivity index (χ4n) is 3.76. The number of aromatic nitrogens is 3. The number of hydrogen-bond acceptors (Lipinski definition) is 6. The van der Waals surface area contributed by atoms with Gasteiger partial charge in [-0.1, -0.05) is 29.8 Å². The van der Waals surface area contributed by atoms with Crippen molar-refractivity contribution < 1.29 is 27.1 Å². The maximum atomic E-state index is 13.4. The molecule has 0 atom stereocenters. The minimum absolute atomic E-state index is 0.0588. The molecule has 0 N–H and O–H groups in total. The van der Waals surface area contributed by atoms with Crippen LogP contribution in [0.25, 0.3) is 0 Å². The Morgan fingerprint density at radius 1 is 1.06 bits per heavy atom. The molecular weight excluding hydrogens is 502 g/mol. The summed E-state index contributed by atoms with van der Waals surface area (Å²) in [6.07, 6.45) is -4.39. The van der Waals surface area contributed by atoms with Gasteiger partial charge in [-0.15, -0.1) is 0 Å². The van der Waals surface area contributed by atoms with Crippen LogP contribution in [0.15, 0.2) is 42.5 Å². The lowest BCUT2D eigenvalue weighted by Gasteiger charge is -2.34. The van der Waals surface area contributed by atoms with E-state index in [1.54, 1.807) is 17.9 Å². The van der Waals surface area contributed by atoms with Gasteiger partial charge in [0, 0.05) is 38.2 Å². The normalized spacial score (nSPS) is 14.2. The first kappa shape index (κ1) is 25.6. The van der Waals surface area contributed by atoms with Crippen molar-refractivity contribution in [2.24, 2.45) is 0 Å². The van der Waals surface area contributed by atoms with Crippen LogP contribution in [0.3, 0.4) is 0 Å². The quantitative estimate of drug-likeness (QED) is 0.439. The van der Waals surface area contributed by atoms with E-state index in [1.807, 2.05) is 4.90 Å². The molecule has 7 nitrogen and oxygen atoms in total. The van der Waals surface area contributed by atoms with E-state index >= 15 is 0 Å². The summed E-state index contributed by atoms with van der Waals surface area (Å²) >= 11 is 5.80. The van der Waals surface area contributed by atoms with Gasteiger partial charge in [0.05, 0.1) is 17.2 Å². The minimum Gasteiger partial charge on any atom is -0.464 e. The Bertz CT molecular complexity index is 1250. The molecule has 0 bridgehead atoms. The summed E-state index contributed by atoms with van der Waals surface area (Å²) in [5.41, 5.74) is -0.0580. The summed E-state index contributed by atoms with van der Waals surface area (Å²) in [5.74, 6) is -0.291. The van der Waals surface area contributed by atoms with Gasteiger partial charge in [-0.3, -0.25) is 4.79 Å². The molecule has 1 aromatic heterocycles. The molecule has 2 aromatic carbocycles. The molecule has 190 valence electrons. The highest BCUT2D eigenvalue weighted by molar-refractivity contribution is 6.31. The maximum Gasteiger partial charge on any atom is 0.416 e. The molecule has 1 amide bonds. The Balaban J connectivity index is 1.49. The number of alkyl halides is 3. The molecule has 1 aliphatic rings. The van der Waals surface area contributed by atoms with Gasteiger partial charge in [0.1, 0.15) is 11.6 Å². The van der Waals surface area contributed by atoms with Crippen molar-refractivity contribution in [3.05, 3.63) is 75.8 Å². The highest BCUT2D eigenvalue weighted by atomic mass is 35.5. The zero-order valence-corrected chi connectivity index (χ0v) is 20.0. The topological polar surface area (TPSA) is 71.5 Å². The lowest BCUT2D eigenvalue weighted by atomic mass is 10.1. The molecule has 0 aliphatic carbocycles. The van der Waals surface area contributed by atoms with Gasteiger partial charge in [-0.25, -0.2) is 4.39 Å². The van der Waals surface area contributed by atoms with E-state index in [1.165, 1.54) is 18.2 Å². The van der Waals surface area contributed by atoms with E-state index < -0.39 is 17.6 Å². The number of nitrogens with zero attached hydrogens (tertiary/aromatic N) is 5. The molecule has 1 aliphatic heterocycles. The summed E-state index contributed by atoms with van der Waals surface area (Å²) in [4.78, 5) is 29.3. The summed E-state index contributed by atoms with van der Waals surface area (Å²) in [5, 5.41) is -0.124. The largest absolute Gasteiger partial charge is 0.464 e. The van der Waals surface area contributed by atoms with Crippen LogP contribution >= 0.6 is 11.6 Å². The lowest BCUT2D eigenvalue weighted by Crippen LogP contribution is -2.49. The number of rotatable bonds is 6. The number of ether oxygens (including phenoxy) is 1. The summed E-state index contributed by atoms with van der Waals surface area (Å²) < 4.78 is 58.2. The molecule has 12 heteroatoms. The average molecular weight is 524 g/mol. The SMILES string of the molecule is CCOc1nc(Cc2cccc(C(F)(F)F)c2)nc(N2CCN(C(=O)c3ccc(F)c(Cl)c3)CC2)n1. The average Bonchev–Trinajstić information content (AvgIpc) is 2.85. The zero-order valence-electron chi connectivity index (χ0n) is 19.2. The van der Waals surface area contributed by atoms with E-state index in [0.717, 1.165) is 18.2 Å². The third kappa shape index (κ3) is 6.01. The van der Waals surface area contributed by atoms with Crippen molar-refractivity contribution in [3.63, 3.8) is 0 Å². The van der Waals surface area contributed by atoms with Crippen LogP contribution in [0.5, 0.6) is 6.01 Å². The van der Waals surface area contributed by atoms with E-state index in [4.69, 9.17) is 16.3 Å². The molecule has 1 fully saturated rings. The van der Waals surface area contributed by atoms with Gasteiger partial charge in [0.25, 0.3) is 5.91 Å². The maximum absolute atomic E-state index is 13.4. The van der Waals surface area contributed by atoms with Crippen molar-refractivity contribution in [1.29, 1.82) is 0 Å². The van der Waals surface area contributed by atoms with Crippen LogP contribution in [0.4, 0.5) is 23.5 Å². The number of hydrogen-bond donors (Lipinski definition) is 0. The Morgan fingerprint density at radius 3 is 2.47 bits per heavy atom. The summed E-state index contributed by atoms with van der Waals surface area (Å²) in [6, 6.07) is 8.90. The fourth-order valence-corrected chi connectivity index (χ4v) is 3.94. The Labute approximate surface area is 209 Å². The van der Waals surface area contributed by atoms with Gasteiger partial charge < -0.3 is 14.5 Å². The number of amides is 1. The van der Waals surface area contributed by atoms with Crippen molar-refractivity contribution in [1.82, 2.24) is 19.9 Å². The van der Waals surface area contributed by atoms with Crippen molar-refractivity contribution >= 4 is 23.5 Å². The first-order chi connectivity index (χ1) is 17.1.